The second-order valence-electron chi connectivity index (χ2n) is 2.38. The molecule has 0 heterocycles. The predicted molar refractivity (Wildman–Crippen MR) is 41.1 cm³/mol. The normalized spacial score (nSPS) is 19.6. The van der Waals surface area contributed by atoms with Crippen LogP contribution in [0, 0.1) is 0 Å². The fourth-order valence-electron chi connectivity index (χ4n) is 1.01. The van der Waals surface area contributed by atoms with Crippen molar-refractivity contribution in [2.75, 3.05) is 12.5 Å². The molecular formula is C7H13S+. The van der Waals surface area contributed by atoms with Crippen molar-refractivity contribution in [1.29, 1.82) is 0 Å². The van der Waals surface area contributed by atoms with E-state index in [1.165, 1.54) is 19.3 Å². The molecule has 46 valence electrons. The van der Waals surface area contributed by atoms with Crippen molar-refractivity contribution in [1.82, 2.24) is 0 Å². The number of hydrogen-bond acceptors (Lipinski definition) is 0. The Morgan fingerprint density at radius 2 is 2.25 bits per heavy atom. The standard InChI is InChI=1S/C7H13S/c1-8(2)7-5-3-4-6-7/h5H,3-4,6H2,1-2H3/q+1. The Labute approximate surface area is 54.3 Å². The summed E-state index contributed by atoms with van der Waals surface area (Å²) < 4.78 is 0. The van der Waals surface area contributed by atoms with Gasteiger partial charge in [-0.3, -0.25) is 0 Å². The number of rotatable bonds is 1. The zero-order valence-corrected chi connectivity index (χ0v) is 6.42. The number of hydrogen-bond donors (Lipinski definition) is 0. The first kappa shape index (κ1) is 6.21. The number of allylic oxidation sites excluding steroid dienone is 2. The first-order valence-corrected chi connectivity index (χ1v) is 5.11. The zero-order valence-electron chi connectivity index (χ0n) is 5.61. The molecule has 0 spiro atoms. The van der Waals surface area contributed by atoms with E-state index in [1.54, 1.807) is 4.91 Å². The molecular weight excluding hydrogens is 116 g/mol. The van der Waals surface area contributed by atoms with Crippen LogP contribution < -0.4 is 0 Å². The van der Waals surface area contributed by atoms with Crippen LogP contribution in [0.5, 0.6) is 0 Å². The smallest absolute Gasteiger partial charge is 0.0413 e. The SMILES string of the molecule is C[S+](C)C1=CCCC1. The fraction of sp³-hybridized carbons (Fsp3) is 0.714. The molecule has 0 atom stereocenters. The Balaban J connectivity index is 2.45. The molecule has 1 rings (SSSR count). The third-order valence-corrected chi connectivity index (χ3v) is 2.94. The highest BCUT2D eigenvalue weighted by atomic mass is 32.2. The Bertz CT molecular complexity index is 103. The highest BCUT2D eigenvalue weighted by molar-refractivity contribution is 7.99. The van der Waals surface area contributed by atoms with Crippen LogP contribution in [0.1, 0.15) is 19.3 Å². The Morgan fingerprint density at radius 3 is 2.50 bits per heavy atom. The van der Waals surface area contributed by atoms with E-state index in [0.717, 1.165) is 0 Å². The van der Waals surface area contributed by atoms with Crippen LogP contribution in [-0.2, 0) is 10.9 Å². The van der Waals surface area contributed by atoms with E-state index < -0.39 is 0 Å². The molecule has 0 bridgehead atoms. The van der Waals surface area contributed by atoms with Gasteiger partial charge in [-0.1, -0.05) is 0 Å². The molecule has 8 heavy (non-hydrogen) atoms. The lowest BCUT2D eigenvalue weighted by Crippen LogP contribution is -1.95. The summed E-state index contributed by atoms with van der Waals surface area (Å²) in [5.74, 6) is 0. The summed E-state index contributed by atoms with van der Waals surface area (Å²) >= 11 is 0. The van der Waals surface area contributed by atoms with Crippen LogP contribution in [0.4, 0.5) is 0 Å². The van der Waals surface area contributed by atoms with Gasteiger partial charge in [0.05, 0.1) is 0 Å². The van der Waals surface area contributed by atoms with Crippen LogP contribution >= 0.6 is 0 Å². The van der Waals surface area contributed by atoms with Crippen molar-refractivity contribution in [3.63, 3.8) is 0 Å². The van der Waals surface area contributed by atoms with Gasteiger partial charge in [0, 0.05) is 17.3 Å². The molecule has 0 aromatic rings. The quantitative estimate of drug-likeness (QED) is 0.475. The van der Waals surface area contributed by atoms with Crippen molar-refractivity contribution >= 4 is 10.9 Å². The molecule has 0 aromatic heterocycles. The van der Waals surface area contributed by atoms with Gasteiger partial charge in [0.25, 0.3) is 0 Å². The van der Waals surface area contributed by atoms with E-state index >= 15 is 0 Å². The summed E-state index contributed by atoms with van der Waals surface area (Å²) in [6.07, 6.45) is 11.1. The molecule has 0 fully saturated rings. The van der Waals surface area contributed by atoms with Gasteiger partial charge in [0.2, 0.25) is 0 Å². The zero-order chi connectivity index (χ0) is 5.98. The fourth-order valence-corrected chi connectivity index (χ4v) is 2.02. The van der Waals surface area contributed by atoms with Crippen LogP contribution in [0.25, 0.3) is 0 Å². The first-order valence-electron chi connectivity index (χ1n) is 3.07. The third-order valence-electron chi connectivity index (χ3n) is 1.52. The molecule has 0 radical (unpaired) electrons. The lowest BCUT2D eigenvalue weighted by atomic mass is 10.4. The van der Waals surface area contributed by atoms with Crippen LogP contribution in [0.15, 0.2) is 11.0 Å². The van der Waals surface area contributed by atoms with E-state index in [1.807, 2.05) is 0 Å². The summed E-state index contributed by atoms with van der Waals surface area (Å²) in [6.45, 7) is 0. The molecule has 0 N–H and O–H groups in total. The molecule has 0 saturated carbocycles. The maximum absolute atomic E-state index is 2.41. The van der Waals surface area contributed by atoms with Gasteiger partial charge in [-0.2, -0.15) is 0 Å². The molecule has 0 nitrogen and oxygen atoms in total. The van der Waals surface area contributed by atoms with Gasteiger partial charge in [0.1, 0.15) is 17.4 Å². The van der Waals surface area contributed by atoms with Gasteiger partial charge >= 0.3 is 0 Å². The maximum atomic E-state index is 2.41. The topological polar surface area (TPSA) is 0 Å². The Kier molecular flexibility index (Phi) is 2.01. The Hall–Kier alpha value is 0.0900. The molecule has 0 saturated heterocycles. The average Bonchev–Trinajstić information content (AvgIpc) is 2.12. The van der Waals surface area contributed by atoms with Crippen LogP contribution in [0.2, 0.25) is 0 Å². The van der Waals surface area contributed by atoms with Gasteiger partial charge in [0.15, 0.2) is 0 Å². The monoisotopic (exact) mass is 129 g/mol. The second kappa shape index (κ2) is 2.58. The van der Waals surface area contributed by atoms with Crippen molar-refractivity contribution in [3.05, 3.63) is 11.0 Å². The summed E-state index contributed by atoms with van der Waals surface area (Å²) in [6, 6.07) is 0. The van der Waals surface area contributed by atoms with E-state index in [-0.39, 0.29) is 0 Å². The van der Waals surface area contributed by atoms with Gasteiger partial charge in [-0.25, -0.2) is 0 Å². The molecule has 1 heteroatoms. The molecule has 0 amide bonds. The molecule has 0 aliphatic heterocycles. The largest absolute Gasteiger partial charge is 0.127 e. The highest BCUT2D eigenvalue weighted by Gasteiger charge is 2.15. The van der Waals surface area contributed by atoms with E-state index in [2.05, 4.69) is 18.6 Å². The molecule has 0 aromatic carbocycles. The minimum absolute atomic E-state index is 0.570. The molecule has 1 aliphatic rings. The second-order valence-corrected chi connectivity index (χ2v) is 4.54. The molecule has 1 aliphatic carbocycles. The predicted octanol–water partition coefficient (Wildman–Crippen LogP) is 1.93. The summed E-state index contributed by atoms with van der Waals surface area (Å²) in [5.41, 5.74) is 0. The minimum Gasteiger partial charge on any atom is -0.0413 e. The van der Waals surface area contributed by atoms with E-state index in [9.17, 15) is 0 Å². The van der Waals surface area contributed by atoms with Gasteiger partial charge in [-0.15, -0.1) is 0 Å². The first-order chi connectivity index (χ1) is 3.80. The minimum atomic E-state index is 0.570. The lowest BCUT2D eigenvalue weighted by Gasteiger charge is -1.92. The maximum Gasteiger partial charge on any atom is 0.127 e. The molecule has 0 unspecified atom stereocenters. The summed E-state index contributed by atoms with van der Waals surface area (Å²) in [4.78, 5) is 1.70. The van der Waals surface area contributed by atoms with Gasteiger partial charge in [-0.05, 0) is 18.9 Å². The Morgan fingerprint density at radius 1 is 1.50 bits per heavy atom. The summed E-state index contributed by atoms with van der Waals surface area (Å²) in [7, 11) is 0.570. The third kappa shape index (κ3) is 1.28. The van der Waals surface area contributed by atoms with Crippen LogP contribution in [-0.4, -0.2) is 12.5 Å². The van der Waals surface area contributed by atoms with Crippen molar-refractivity contribution in [2.24, 2.45) is 0 Å². The van der Waals surface area contributed by atoms with Crippen molar-refractivity contribution < 1.29 is 0 Å². The highest BCUT2D eigenvalue weighted by Crippen LogP contribution is 2.21. The van der Waals surface area contributed by atoms with Crippen molar-refractivity contribution in [3.8, 4) is 0 Å². The summed E-state index contributed by atoms with van der Waals surface area (Å²) in [5, 5.41) is 0. The lowest BCUT2D eigenvalue weighted by molar-refractivity contribution is 0.924. The average molecular weight is 129 g/mol. The van der Waals surface area contributed by atoms with Crippen molar-refractivity contribution in [2.45, 2.75) is 19.3 Å². The van der Waals surface area contributed by atoms with E-state index in [4.69, 9.17) is 0 Å². The van der Waals surface area contributed by atoms with Crippen LogP contribution in [0.3, 0.4) is 0 Å². The van der Waals surface area contributed by atoms with Gasteiger partial charge < -0.3 is 0 Å². The van der Waals surface area contributed by atoms with E-state index in [0.29, 0.717) is 10.9 Å².